The third kappa shape index (κ3) is 1.26. The predicted molar refractivity (Wildman–Crippen MR) is 39.1 cm³/mol. The first-order valence-corrected chi connectivity index (χ1v) is 2.94. The van der Waals surface area contributed by atoms with Gasteiger partial charge < -0.3 is 10.8 Å². The number of nitro benzene ring substituents is 1. The summed E-state index contributed by atoms with van der Waals surface area (Å²) in [5.41, 5.74) is 3.88. The van der Waals surface area contributed by atoms with Gasteiger partial charge in [-0.3, -0.25) is 10.1 Å². The van der Waals surface area contributed by atoms with Crippen molar-refractivity contribution in [2.75, 3.05) is 5.73 Å². The first kappa shape index (κ1) is 8.25. The maximum absolute atomic E-state index is 12.7. The highest BCUT2D eigenvalue weighted by Crippen LogP contribution is 2.28. The Hall–Kier alpha value is -1.85. The topological polar surface area (TPSA) is 89.4 Å². The molecular weight excluding hydrogens is 167 g/mol. The van der Waals surface area contributed by atoms with Crippen molar-refractivity contribution in [3.8, 4) is 5.75 Å². The van der Waals surface area contributed by atoms with E-state index in [1.807, 2.05) is 0 Å². The lowest BCUT2D eigenvalue weighted by molar-refractivity contribution is -0.386. The average Bonchev–Trinajstić information content (AvgIpc) is 1.82. The standard InChI is InChI=1S/C6H5FN2O3/c7-4-1-3(10)2-5(8)6(4)9(11)12/h1-2,10H,8H2. The van der Waals surface area contributed by atoms with Crippen LogP contribution < -0.4 is 5.73 Å². The summed E-state index contributed by atoms with van der Waals surface area (Å²) in [6.45, 7) is 0. The quantitative estimate of drug-likeness (QED) is 0.376. The van der Waals surface area contributed by atoms with Crippen molar-refractivity contribution >= 4 is 11.4 Å². The Bertz CT molecular complexity index is 317. The average molecular weight is 172 g/mol. The number of hydrogen-bond acceptors (Lipinski definition) is 4. The van der Waals surface area contributed by atoms with E-state index in [-0.39, 0.29) is 0 Å². The van der Waals surface area contributed by atoms with E-state index >= 15 is 0 Å². The minimum Gasteiger partial charge on any atom is -0.508 e. The number of aromatic hydroxyl groups is 1. The molecule has 0 saturated heterocycles. The van der Waals surface area contributed by atoms with E-state index in [9.17, 15) is 14.5 Å². The SMILES string of the molecule is Nc1cc(O)cc(F)c1[N+](=O)[O-]. The van der Waals surface area contributed by atoms with Crippen LogP contribution in [-0.2, 0) is 0 Å². The van der Waals surface area contributed by atoms with Crippen LogP contribution in [0.5, 0.6) is 5.75 Å². The Kier molecular flexibility index (Phi) is 1.82. The molecule has 0 saturated carbocycles. The van der Waals surface area contributed by atoms with Gasteiger partial charge in [0.1, 0.15) is 11.4 Å². The molecule has 0 aromatic heterocycles. The van der Waals surface area contributed by atoms with Gasteiger partial charge in [-0.1, -0.05) is 0 Å². The van der Waals surface area contributed by atoms with Crippen LogP contribution in [0.15, 0.2) is 12.1 Å². The molecule has 1 aromatic carbocycles. The summed E-state index contributed by atoms with van der Waals surface area (Å²) >= 11 is 0. The van der Waals surface area contributed by atoms with Gasteiger partial charge in [0.25, 0.3) is 0 Å². The van der Waals surface area contributed by atoms with E-state index in [1.165, 1.54) is 0 Å². The van der Waals surface area contributed by atoms with Crippen molar-refractivity contribution in [2.45, 2.75) is 0 Å². The summed E-state index contributed by atoms with van der Waals surface area (Å²) in [4.78, 5) is 9.22. The van der Waals surface area contributed by atoms with Crippen molar-refractivity contribution in [1.29, 1.82) is 0 Å². The molecule has 5 nitrogen and oxygen atoms in total. The predicted octanol–water partition coefficient (Wildman–Crippen LogP) is 1.02. The largest absolute Gasteiger partial charge is 0.508 e. The molecule has 1 rings (SSSR count). The van der Waals surface area contributed by atoms with Crippen molar-refractivity contribution in [3.05, 3.63) is 28.1 Å². The Balaban J connectivity index is 3.38. The fraction of sp³-hybridized carbons (Fsp3) is 0. The molecule has 0 spiro atoms. The van der Waals surface area contributed by atoms with Crippen molar-refractivity contribution in [1.82, 2.24) is 0 Å². The highest BCUT2D eigenvalue weighted by atomic mass is 19.1. The number of phenolic OH excluding ortho intramolecular Hbond substituents is 1. The number of rotatable bonds is 1. The van der Waals surface area contributed by atoms with Crippen LogP contribution >= 0.6 is 0 Å². The fourth-order valence-electron chi connectivity index (χ4n) is 0.798. The zero-order valence-corrected chi connectivity index (χ0v) is 5.82. The molecule has 0 radical (unpaired) electrons. The van der Waals surface area contributed by atoms with Crippen LogP contribution in [0.3, 0.4) is 0 Å². The minimum atomic E-state index is -1.14. The Morgan fingerprint density at radius 1 is 1.58 bits per heavy atom. The third-order valence-corrected chi connectivity index (χ3v) is 1.26. The molecular formula is C6H5FN2O3. The number of nitrogen functional groups attached to an aromatic ring is 1. The molecule has 1 aromatic rings. The van der Waals surface area contributed by atoms with Crippen LogP contribution in [0.2, 0.25) is 0 Å². The van der Waals surface area contributed by atoms with Gasteiger partial charge in [-0.2, -0.15) is 4.39 Å². The molecule has 12 heavy (non-hydrogen) atoms. The van der Waals surface area contributed by atoms with Gasteiger partial charge in [-0.15, -0.1) is 0 Å². The lowest BCUT2D eigenvalue weighted by Gasteiger charge is -1.98. The van der Waals surface area contributed by atoms with Gasteiger partial charge in [0.05, 0.1) is 4.92 Å². The summed E-state index contributed by atoms with van der Waals surface area (Å²) in [5, 5.41) is 18.9. The Morgan fingerprint density at radius 2 is 2.17 bits per heavy atom. The molecule has 6 heteroatoms. The normalized spacial score (nSPS) is 9.75. The lowest BCUT2D eigenvalue weighted by atomic mass is 10.2. The van der Waals surface area contributed by atoms with Crippen LogP contribution in [0, 0.1) is 15.9 Å². The molecule has 3 N–H and O–H groups in total. The highest BCUT2D eigenvalue weighted by Gasteiger charge is 2.19. The highest BCUT2D eigenvalue weighted by molar-refractivity contribution is 5.61. The van der Waals surface area contributed by atoms with Crippen molar-refractivity contribution < 1.29 is 14.4 Å². The maximum atomic E-state index is 12.7. The number of nitro groups is 1. The Labute approximate surface area is 66.4 Å². The second-order valence-electron chi connectivity index (χ2n) is 2.12. The van der Waals surface area contributed by atoms with Crippen molar-refractivity contribution in [3.63, 3.8) is 0 Å². The van der Waals surface area contributed by atoms with E-state index in [1.54, 1.807) is 0 Å². The molecule has 0 amide bonds. The first-order chi connectivity index (χ1) is 5.52. The van der Waals surface area contributed by atoms with Gasteiger partial charge in [0, 0.05) is 12.1 Å². The number of nitrogens with two attached hydrogens (primary N) is 1. The minimum absolute atomic E-state index is 0.391. The molecule has 64 valence electrons. The number of phenols is 1. The summed E-state index contributed by atoms with van der Waals surface area (Å²) < 4.78 is 12.7. The molecule has 0 fully saturated rings. The van der Waals surface area contributed by atoms with Gasteiger partial charge >= 0.3 is 5.69 Å². The lowest BCUT2D eigenvalue weighted by Crippen LogP contribution is -1.98. The van der Waals surface area contributed by atoms with Gasteiger partial charge in [0.2, 0.25) is 5.82 Å². The molecule has 0 unspecified atom stereocenters. The number of halogens is 1. The molecule has 0 aliphatic rings. The fourth-order valence-corrected chi connectivity index (χ4v) is 0.798. The smallest absolute Gasteiger partial charge is 0.327 e. The third-order valence-electron chi connectivity index (χ3n) is 1.26. The van der Waals surface area contributed by atoms with Crippen LogP contribution in [-0.4, -0.2) is 10.0 Å². The van der Waals surface area contributed by atoms with E-state index < -0.39 is 27.9 Å². The first-order valence-electron chi connectivity index (χ1n) is 2.94. The van der Waals surface area contributed by atoms with Crippen LogP contribution in [0.1, 0.15) is 0 Å². The summed E-state index contributed by atoms with van der Waals surface area (Å²) in [5.74, 6) is -1.58. The molecule has 0 bridgehead atoms. The van der Waals surface area contributed by atoms with E-state index in [0.717, 1.165) is 6.07 Å². The number of anilines is 1. The Morgan fingerprint density at radius 3 is 2.58 bits per heavy atom. The summed E-state index contributed by atoms with van der Waals surface area (Å²) in [6.07, 6.45) is 0. The number of hydrogen-bond donors (Lipinski definition) is 2. The van der Waals surface area contributed by atoms with Crippen molar-refractivity contribution in [2.24, 2.45) is 0 Å². The van der Waals surface area contributed by atoms with Gasteiger partial charge in [0.15, 0.2) is 0 Å². The van der Waals surface area contributed by atoms with Crippen LogP contribution in [0.4, 0.5) is 15.8 Å². The summed E-state index contributed by atoms with van der Waals surface area (Å²) in [6, 6.07) is 1.55. The molecule has 0 aliphatic heterocycles. The molecule has 0 aliphatic carbocycles. The second-order valence-corrected chi connectivity index (χ2v) is 2.12. The number of nitrogens with zero attached hydrogens (tertiary/aromatic N) is 1. The second kappa shape index (κ2) is 2.65. The van der Waals surface area contributed by atoms with Gasteiger partial charge in [-0.25, -0.2) is 0 Å². The zero-order chi connectivity index (χ0) is 9.30. The van der Waals surface area contributed by atoms with E-state index in [4.69, 9.17) is 10.8 Å². The van der Waals surface area contributed by atoms with Gasteiger partial charge in [-0.05, 0) is 0 Å². The maximum Gasteiger partial charge on any atom is 0.327 e. The van der Waals surface area contributed by atoms with E-state index in [0.29, 0.717) is 6.07 Å². The number of benzene rings is 1. The van der Waals surface area contributed by atoms with E-state index in [2.05, 4.69) is 0 Å². The molecule has 0 atom stereocenters. The zero-order valence-electron chi connectivity index (χ0n) is 5.82. The monoisotopic (exact) mass is 172 g/mol. The molecule has 0 heterocycles. The summed E-state index contributed by atoms with van der Waals surface area (Å²) in [7, 11) is 0. The van der Waals surface area contributed by atoms with Crippen LogP contribution in [0.25, 0.3) is 0 Å².